The number of rotatable bonds is 3. The first kappa shape index (κ1) is 11.5. The number of anilines is 1. The Hall–Kier alpha value is -1.62. The van der Waals surface area contributed by atoms with Crippen molar-refractivity contribution in [3.05, 3.63) is 29.6 Å². The molecule has 5 heteroatoms. The molecule has 1 aromatic carbocycles. The summed E-state index contributed by atoms with van der Waals surface area (Å²) in [5, 5.41) is 2.60. The Morgan fingerprint density at radius 1 is 1.60 bits per heavy atom. The SMILES string of the molecule is CC(CN)NC(=O)c1cc(F)ccc1N. The monoisotopic (exact) mass is 211 g/mol. The average molecular weight is 211 g/mol. The highest BCUT2D eigenvalue weighted by molar-refractivity contribution is 5.99. The highest BCUT2D eigenvalue weighted by Crippen LogP contribution is 2.13. The number of nitrogens with two attached hydrogens (primary N) is 2. The summed E-state index contributed by atoms with van der Waals surface area (Å²) in [7, 11) is 0. The highest BCUT2D eigenvalue weighted by Gasteiger charge is 2.12. The summed E-state index contributed by atoms with van der Waals surface area (Å²) in [6.45, 7) is 2.08. The molecule has 0 saturated heterocycles. The van der Waals surface area contributed by atoms with Crippen LogP contribution in [-0.4, -0.2) is 18.5 Å². The molecule has 5 N–H and O–H groups in total. The standard InChI is InChI=1S/C10H14FN3O/c1-6(5-12)14-10(15)8-4-7(11)2-3-9(8)13/h2-4,6H,5,12-13H2,1H3,(H,14,15). The van der Waals surface area contributed by atoms with Gasteiger partial charge in [-0.1, -0.05) is 0 Å². The topological polar surface area (TPSA) is 81.1 Å². The van der Waals surface area contributed by atoms with Gasteiger partial charge in [0.15, 0.2) is 0 Å². The summed E-state index contributed by atoms with van der Waals surface area (Å²) in [6, 6.07) is 3.50. The Morgan fingerprint density at radius 2 is 2.27 bits per heavy atom. The van der Waals surface area contributed by atoms with Crippen molar-refractivity contribution in [3.63, 3.8) is 0 Å². The number of hydrogen-bond donors (Lipinski definition) is 3. The number of amides is 1. The normalized spacial score (nSPS) is 12.2. The molecule has 0 spiro atoms. The van der Waals surface area contributed by atoms with Gasteiger partial charge in [0.1, 0.15) is 5.82 Å². The second-order valence-corrected chi connectivity index (χ2v) is 3.34. The molecule has 0 radical (unpaired) electrons. The molecule has 4 nitrogen and oxygen atoms in total. The van der Waals surface area contributed by atoms with Crippen molar-refractivity contribution in [2.75, 3.05) is 12.3 Å². The number of benzene rings is 1. The van der Waals surface area contributed by atoms with Crippen molar-refractivity contribution in [1.29, 1.82) is 0 Å². The van der Waals surface area contributed by atoms with E-state index in [2.05, 4.69) is 5.32 Å². The first-order valence-electron chi connectivity index (χ1n) is 4.60. The van der Waals surface area contributed by atoms with E-state index in [1.54, 1.807) is 6.92 Å². The zero-order valence-corrected chi connectivity index (χ0v) is 8.46. The molecule has 1 rings (SSSR count). The van der Waals surface area contributed by atoms with Crippen molar-refractivity contribution >= 4 is 11.6 Å². The van der Waals surface area contributed by atoms with Crippen LogP contribution in [0.2, 0.25) is 0 Å². The van der Waals surface area contributed by atoms with Gasteiger partial charge >= 0.3 is 0 Å². The molecule has 0 aromatic heterocycles. The van der Waals surface area contributed by atoms with Crippen LogP contribution in [0.5, 0.6) is 0 Å². The third-order valence-corrected chi connectivity index (χ3v) is 1.99. The van der Waals surface area contributed by atoms with Crippen LogP contribution in [0.15, 0.2) is 18.2 Å². The van der Waals surface area contributed by atoms with Crippen LogP contribution in [0.1, 0.15) is 17.3 Å². The molecular formula is C10H14FN3O. The third kappa shape index (κ3) is 2.92. The maximum absolute atomic E-state index is 12.9. The summed E-state index contributed by atoms with van der Waals surface area (Å²) < 4.78 is 12.9. The summed E-state index contributed by atoms with van der Waals surface area (Å²) in [4.78, 5) is 11.6. The van der Waals surface area contributed by atoms with Crippen LogP contribution in [0.25, 0.3) is 0 Å². The zero-order chi connectivity index (χ0) is 11.4. The summed E-state index contributed by atoms with van der Waals surface area (Å²) in [6.07, 6.45) is 0. The van der Waals surface area contributed by atoms with Gasteiger partial charge in [0.2, 0.25) is 0 Å². The second-order valence-electron chi connectivity index (χ2n) is 3.34. The predicted octanol–water partition coefficient (Wildman–Crippen LogP) is 0.485. The van der Waals surface area contributed by atoms with E-state index in [1.165, 1.54) is 12.1 Å². The van der Waals surface area contributed by atoms with Crippen molar-refractivity contribution in [3.8, 4) is 0 Å². The molecule has 1 amide bonds. The zero-order valence-electron chi connectivity index (χ0n) is 8.46. The largest absolute Gasteiger partial charge is 0.398 e. The number of carbonyl (C=O) groups is 1. The first-order chi connectivity index (χ1) is 7.04. The number of nitrogens with one attached hydrogen (secondary N) is 1. The molecule has 0 saturated carbocycles. The van der Waals surface area contributed by atoms with Gasteiger partial charge in [-0.05, 0) is 25.1 Å². The summed E-state index contributed by atoms with van der Waals surface area (Å²) in [5.41, 5.74) is 11.3. The number of halogens is 1. The fourth-order valence-electron chi connectivity index (χ4n) is 1.09. The van der Waals surface area contributed by atoms with Gasteiger partial charge < -0.3 is 16.8 Å². The van der Waals surface area contributed by atoms with Gasteiger partial charge in [-0.3, -0.25) is 4.79 Å². The van der Waals surface area contributed by atoms with Gasteiger partial charge in [0.05, 0.1) is 5.56 Å². The van der Waals surface area contributed by atoms with Crippen LogP contribution in [0.4, 0.5) is 10.1 Å². The fraction of sp³-hybridized carbons (Fsp3) is 0.300. The molecule has 82 valence electrons. The molecule has 0 aliphatic carbocycles. The minimum Gasteiger partial charge on any atom is -0.398 e. The van der Waals surface area contributed by atoms with Crippen LogP contribution >= 0.6 is 0 Å². The molecule has 1 unspecified atom stereocenters. The summed E-state index contributed by atoms with van der Waals surface area (Å²) >= 11 is 0. The quantitative estimate of drug-likeness (QED) is 0.636. The fourth-order valence-corrected chi connectivity index (χ4v) is 1.09. The lowest BCUT2D eigenvalue weighted by atomic mass is 10.1. The van der Waals surface area contributed by atoms with E-state index < -0.39 is 11.7 Å². The van der Waals surface area contributed by atoms with E-state index in [0.717, 1.165) is 6.07 Å². The Morgan fingerprint density at radius 3 is 2.87 bits per heavy atom. The van der Waals surface area contributed by atoms with E-state index in [0.29, 0.717) is 6.54 Å². The maximum atomic E-state index is 12.9. The molecule has 1 atom stereocenters. The predicted molar refractivity (Wildman–Crippen MR) is 56.8 cm³/mol. The van der Waals surface area contributed by atoms with E-state index >= 15 is 0 Å². The van der Waals surface area contributed by atoms with Crippen LogP contribution in [-0.2, 0) is 0 Å². The van der Waals surface area contributed by atoms with Crippen LogP contribution in [0, 0.1) is 5.82 Å². The Balaban J connectivity index is 2.86. The molecule has 15 heavy (non-hydrogen) atoms. The van der Waals surface area contributed by atoms with Crippen LogP contribution < -0.4 is 16.8 Å². The minimum absolute atomic E-state index is 0.135. The number of nitrogen functional groups attached to an aromatic ring is 1. The third-order valence-electron chi connectivity index (χ3n) is 1.99. The molecule has 1 aromatic rings. The highest BCUT2D eigenvalue weighted by atomic mass is 19.1. The molecule has 0 fully saturated rings. The molecule has 0 heterocycles. The molecule has 0 aliphatic rings. The van der Waals surface area contributed by atoms with Crippen molar-refractivity contribution in [2.24, 2.45) is 5.73 Å². The van der Waals surface area contributed by atoms with Gasteiger partial charge in [0.25, 0.3) is 5.91 Å². The second kappa shape index (κ2) is 4.75. The maximum Gasteiger partial charge on any atom is 0.253 e. The lowest BCUT2D eigenvalue weighted by Crippen LogP contribution is -2.38. The van der Waals surface area contributed by atoms with E-state index in [1.807, 2.05) is 0 Å². The number of carbonyl (C=O) groups excluding carboxylic acids is 1. The van der Waals surface area contributed by atoms with Gasteiger partial charge in [-0.25, -0.2) is 4.39 Å². The Labute approximate surface area is 87.4 Å². The summed E-state index contributed by atoms with van der Waals surface area (Å²) in [5.74, 6) is -0.903. The van der Waals surface area contributed by atoms with Crippen molar-refractivity contribution in [1.82, 2.24) is 5.32 Å². The average Bonchev–Trinajstić information content (AvgIpc) is 2.21. The van der Waals surface area contributed by atoms with Gasteiger partial charge in [-0.2, -0.15) is 0 Å². The molecule has 0 aliphatic heterocycles. The Bertz CT molecular complexity index is 368. The van der Waals surface area contributed by atoms with Gasteiger partial charge in [0, 0.05) is 18.3 Å². The van der Waals surface area contributed by atoms with E-state index in [-0.39, 0.29) is 17.3 Å². The van der Waals surface area contributed by atoms with E-state index in [9.17, 15) is 9.18 Å². The molecule has 0 bridgehead atoms. The van der Waals surface area contributed by atoms with Crippen molar-refractivity contribution in [2.45, 2.75) is 13.0 Å². The van der Waals surface area contributed by atoms with Crippen molar-refractivity contribution < 1.29 is 9.18 Å². The van der Waals surface area contributed by atoms with Gasteiger partial charge in [-0.15, -0.1) is 0 Å². The smallest absolute Gasteiger partial charge is 0.253 e. The van der Waals surface area contributed by atoms with E-state index in [4.69, 9.17) is 11.5 Å². The minimum atomic E-state index is -0.491. The lowest BCUT2D eigenvalue weighted by molar-refractivity contribution is 0.0941. The molecular weight excluding hydrogens is 197 g/mol. The Kier molecular flexibility index (Phi) is 3.62. The first-order valence-corrected chi connectivity index (χ1v) is 4.60. The number of hydrogen-bond acceptors (Lipinski definition) is 3. The van der Waals surface area contributed by atoms with Crippen LogP contribution in [0.3, 0.4) is 0 Å². The lowest BCUT2D eigenvalue weighted by Gasteiger charge is -2.12.